The molecule has 0 aromatic heterocycles. The number of primary amides is 1. The second-order valence-corrected chi connectivity index (χ2v) is 3.60. The quantitative estimate of drug-likeness (QED) is 0.786. The van der Waals surface area contributed by atoms with Gasteiger partial charge in [-0.15, -0.1) is 0 Å². The van der Waals surface area contributed by atoms with Crippen LogP contribution < -0.4 is 5.73 Å². The van der Waals surface area contributed by atoms with Crippen molar-refractivity contribution in [1.29, 1.82) is 0 Å². The standard InChI is InChI=1S/C8H8INO2/c9-6-3-1-5(2-4-6)7(11)8(10)12/h1-4,7,11H,(H2,10,12). The van der Waals surface area contributed by atoms with Crippen molar-refractivity contribution in [3.8, 4) is 0 Å². The SMILES string of the molecule is NC(=O)C(O)c1ccc(I)cc1. The molecule has 0 spiro atoms. The predicted octanol–water partition coefficient (Wildman–Crippen LogP) is 0.810. The van der Waals surface area contributed by atoms with Gasteiger partial charge in [-0.3, -0.25) is 4.79 Å². The fourth-order valence-electron chi connectivity index (χ4n) is 0.809. The summed E-state index contributed by atoms with van der Waals surface area (Å²) < 4.78 is 1.05. The minimum atomic E-state index is -1.19. The molecule has 1 atom stereocenters. The zero-order valence-electron chi connectivity index (χ0n) is 6.20. The second-order valence-electron chi connectivity index (χ2n) is 2.36. The third-order valence-electron chi connectivity index (χ3n) is 1.46. The van der Waals surface area contributed by atoms with Crippen LogP contribution in [0.3, 0.4) is 0 Å². The molecule has 0 aliphatic carbocycles. The third-order valence-corrected chi connectivity index (χ3v) is 2.17. The molecule has 0 fully saturated rings. The normalized spacial score (nSPS) is 12.5. The third kappa shape index (κ3) is 2.18. The van der Waals surface area contributed by atoms with Crippen LogP contribution in [0.1, 0.15) is 11.7 Å². The number of carbonyl (C=O) groups excluding carboxylic acids is 1. The van der Waals surface area contributed by atoms with Crippen LogP contribution >= 0.6 is 22.6 Å². The maximum Gasteiger partial charge on any atom is 0.250 e. The van der Waals surface area contributed by atoms with E-state index >= 15 is 0 Å². The van der Waals surface area contributed by atoms with Crippen molar-refractivity contribution >= 4 is 28.5 Å². The van der Waals surface area contributed by atoms with Crippen molar-refractivity contribution in [1.82, 2.24) is 0 Å². The number of benzene rings is 1. The summed E-state index contributed by atoms with van der Waals surface area (Å²) in [6.45, 7) is 0. The van der Waals surface area contributed by atoms with Gasteiger partial charge in [0.2, 0.25) is 0 Å². The molecule has 0 radical (unpaired) electrons. The fourth-order valence-corrected chi connectivity index (χ4v) is 1.17. The smallest absolute Gasteiger partial charge is 0.250 e. The number of carbonyl (C=O) groups is 1. The highest BCUT2D eigenvalue weighted by Gasteiger charge is 2.12. The first-order valence-electron chi connectivity index (χ1n) is 3.34. The topological polar surface area (TPSA) is 63.3 Å². The first kappa shape index (κ1) is 9.47. The highest BCUT2D eigenvalue weighted by atomic mass is 127. The Morgan fingerprint density at radius 3 is 2.33 bits per heavy atom. The lowest BCUT2D eigenvalue weighted by Crippen LogP contribution is -2.20. The predicted molar refractivity (Wildman–Crippen MR) is 53.3 cm³/mol. The Hall–Kier alpha value is -0.620. The molecule has 12 heavy (non-hydrogen) atoms. The molecule has 0 heterocycles. The highest BCUT2D eigenvalue weighted by Crippen LogP contribution is 2.13. The molecule has 3 nitrogen and oxygen atoms in total. The Bertz CT molecular complexity index is 284. The van der Waals surface area contributed by atoms with Gasteiger partial charge in [-0.1, -0.05) is 12.1 Å². The van der Waals surface area contributed by atoms with Crippen molar-refractivity contribution in [2.45, 2.75) is 6.10 Å². The molecular weight excluding hydrogens is 269 g/mol. The van der Waals surface area contributed by atoms with Crippen molar-refractivity contribution < 1.29 is 9.90 Å². The molecule has 64 valence electrons. The van der Waals surface area contributed by atoms with Crippen LogP contribution in [0.2, 0.25) is 0 Å². The van der Waals surface area contributed by atoms with Crippen LogP contribution in [0.4, 0.5) is 0 Å². The van der Waals surface area contributed by atoms with Gasteiger partial charge in [-0.2, -0.15) is 0 Å². The van der Waals surface area contributed by atoms with E-state index in [9.17, 15) is 9.90 Å². The average molecular weight is 277 g/mol. The van der Waals surface area contributed by atoms with E-state index in [1.54, 1.807) is 12.1 Å². The Balaban J connectivity index is 2.89. The summed E-state index contributed by atoms with van der Waals surface area (Å²) in [5.74, 6) is -0.726. The lowest BCUT2D eigenvalue weighted by atomic mass is 10.1. The Morgan fingerprint density at radius 1 is 1.42 bits per heavy atom. The summed E-state index contributed by atoms with van der Waals surface area (Å²) in [5.41, 5.74) is 5.45. The van der Waals surface area contributed by atoms with E-state index in [2.05, 4.69) is 22.6 Å². The number of aliphatic hydroxyl groups excluding tert-OH is 1. The number of rotatable bonds is 2. The maximum absolute atomic E-state index is 10.6. The van der Waals surface area contributed by atoms with E-state index < -0.39 is 12.0 Å². The van der Waals surface area contributed by atoms with E-state index in [0.717, 1.165) is 3.57 Å². The molecule has 3 N–H and O–H groups in total. The Kier molecular flexibility index (Phi) is 3.05. The van der Waals surface area contributed by atoms with E-state index in [1.807, 2.05) is 12.1 Å². The number of hydrogen-bond donors (Lipinski definition) is 2. The van der Waals surface area contributed by atoms with Gasteiger partial charge in [0.15, 0.2) is 6.10 Å². The monoisotopic (exact) mass is 277 g/mol. The summed E-state index contributed by atoms with van der Waals surface area (Å²) in [5, 5.41) is 9.21. The van der Waals surface area contributed by atoms with Gasteiger partial charge in [0, 0.05) is 3.57 Å². The fraction of sp³-hybridized carbons (Fsp3) is 0.125. The Labute approximate surface area is 83.7 Å². The number of amides is 1. The first-order valence-corrected chi connectivity index (χ1v) is 4.42. The summed E-state index contributed by atoms with van der Waals surface area (Å²) in [6.07, 6.45) is -1.19. The number of nitrogens with two attached hydrogens (primary N) is 1. The summed E-state index contributed by atoms with van der Waals surface area (Å²) in [4.78, 5) is 10.6. The minimum absolute atomic E-state index is 0.530. The van der Waals surface area contributed by atoms with Crippen LogP contribution in [-0.4, -0.2) is 11.0 Å². The van der Waals surface area contributed by atoms with Crippen molar-refractivity contribution in [3.05, 3.63) is 33.4 Å². The molecule has 0 saturated heterocycles. The molecule has 4 heteroatoms. The van der Waals surface area contributed by atoms with E-state index in [1.165, 1.54) is 0 Å². The van der Waals surface area contributed by atoms with Crippen molar-refractivity contribution in [3.63, 3.8) is 0 Å². The molecule has 0 aliphatic heterocycles. The lowest BCUT2D eigenvalue weighted by Gasteiger charge is -2.05. The first-order chi connectivity index (χ1) is 5.61. The van der Waals surface area contributed by atoms with E-state index in [-0.39, 0.29) is 0 Å². The number of hydrogen-bond acceptors (Lipinski definition) is 2. The molecule has 0 saturated carbocycles. The zero-order valence-corrected chi connectivity index (χ0v) is 8.36. The van der Waals surface area contributed by atoms with Crippen molar-refractivity contribution in [2.24, 2.45) is 5.73 Å². The molecule has 1 rings (SSSR count). The highest BCUT2D eigenvalue weighted by molar-refractivity contribution is 14.1. The van der Waals surface area contributed by atoms with Crippen LogP contribution in [-0.2, 0) is 4.79 Å². The number of aliphatic hydroxyl groups is 1. The summed E-state index contributed by atoms with van der Waals surface area (Å²) in [7, 11) is 0. The van der Waals surface area contributed by atoms with E-state index in [0.29, 0.717) is 5.56 Å². The Morgan fingerprint density at radius 2 is 1.92 bits per heavy atom. The van der Waals surface area contributed by atoms with Gasteiger partial charge in [0.05, 0.1) is 0 Å². The van der Waals surface area contributed by atoms with Gasteiger partial charge < -0.3 is 10.8 Å². The lowest BCUT2D eigenvalue weighted by molar-refractivity contribution is -0.126. The average Bonchev–Trinajstić information content (AvgIpc) is 2.04. The molecule has 1 aromatic carbocycles. The van der Waals surface area contributed by atoms with Gasteiger partial charge in [-0.25, -0.2) is 0 Å². The zero-order chi connectivity index (χ0) is 9.14. The summed E-state index contributed by atoms with van der Waals surface area (Å²) in [6, 6.07) is 6.97. The molecule has 1 unspecified atom stereocenters. The van der Waals surface area contributed by atoms with Gasteiger partial charge in [0.1, 0.15) is 0 Å². The molecule has 0 aliphatic rings. The summed E-state index contributed by atoms with van der Waals surface area (Å²) >= 11 is 2.14. The molecule has 1 aromatic rings. The van der Waals surface area contributed by atoms with Crippen LogP contribution in [0.5, 0.6) is 0 Å². The minimum Gasteiger partial charge on any atom is -0.378 e. The van der Waals surface area contributed by atoms with Gasteiger partial charge in [-0.05, 0) is 40.3 Å². The van der Waals surface area contributed by atoms with Crippen LogP contribution in [0.25, 0.3) is 0 Å². The molecule has 0 bridgehead atoms. The van der Waals surface area contributed by atoms with Crippen molar-refractivity contribution in [2.75, 3.05) is 0 Å². The molecular formula is C8H8INO2. The largest absolute Gasteiger partial charge is 0.378 e. The number of halogens is 1. The van der Waals surface area contributed by atoms with Crippen LogP contribution in [0.15, 0.2) is 24.3 Å². The second kappa shape index (κ2) is 3.86. The van der Waals surface area contributed by atoms with Gasteiger partial charge in [0.25, 0.3) is 5.91 Å². The van der Waals surface area contributed by atoms with Crippen LogP contribution in [0, 0.1) is 3.57 Å². The van der Waals surface area contributed by atoms with Gasteiger partial charge >= 0.3 is 0 Å². The maximum atomic E-state index is 10.6. The molecule has 1 amide bonds. The van der Waals surface area contributed by atoms with E-state index in [4.69, 9.17) is 5.73 Å².